The van der Waals surface area contributed by atoms with Gasteiger partial charge in [-0.15, -0.1) is 0 Å². The number of hydrogen-bond acceptors (Lipinski definition) is 22. The first-order valence-electron chi connectivity index (χ1n) is 34.9. The van der Waals surface area contributed by atoms with Crippen LogP contribution in [0.1, 0.15) is 104 Å². The second kappa shape index (κ2) is 44.2. The highest BCUT2D eigenvalue weighted by atomic mass is 33.1. The summed E-state index contributed by atoms with van der Waals surface area (Å²) in [7, 11) is 1.72. The molecule has 40 nitrogen and oxygen atoms in total. The van der Waals surface area contributed by atoms with Gasteiger partial charge in [-0.1, -0.05) is 86.0 Å². The molecule has 0 saturated heterocycles. The minimum Gasteiger partial charge on any atom is -0.508 e. The van der Waals surface area contributed by atoms with Gasteiger partial charge in [0.05, 0.1) is 18.9 Å². The lowest BCUT2D eigenvalue weighted by Gasteiger charge is -2.22. The van der Waals surface area contributed by atoms with Crippen molar-refractivity contribution in [1.29, 1.82) is 16.2 Å². The fraction of sp³-hybridized carbons (Fsp3) is 0.507. The molecule has 14 atom stereocenters. The number of carboxylic acid groups (broad SMARTS) is 1. The molecule has 5 rings (SSSR count). The van der Waals surface area contributed by atoms with E-state index in [1.165, 1.54) is 50.6 Å². The van der Waals surface area contributed by atoms with Crippen molar-refractivity contribution < 1.29 is 96.7 Å². The van der Waals surface area contributed by atoms with Gasteiger partial charge < -0.3 is 113 Å². The molecular weight excluding hydrogens is 1490 g/mol. The molecule has 14 unspecified atom stereocenters. The van der Waals surface area contributed by atoms with Crippen LogP contribution in [0.3, 0.4) is 0 Å². The number of carbonyl (C=O) groups is 1. The largest absolute Gasteiger partial charge is 0.508 e. The van der Waals surface area contributed by atoms with Gasteiger partial charge in [-0.25, -0.2) is 69.9 Å². The fourth-order valence-electron chi connectivity index (χ4n) is 10.5. The molecule has 0 radical (unpaired) electrons. The molecule has 0 amide bonds. The van der Waals surface area contributed by atoms with Crippen LogP contribution in [-0.2, 0) is 24.1 Å². The molecule has 606 valence electrons. The summed E-state index contributed by atoms with van der Waals surface area (Å²) in [6.45, 7) is 9.37. The number of H-pyrrole nitrogens is 2. The Hall–Kier alpha value is -11.6. The van der Waals surface area contributed by atoms with E-state index in [9.17, 15) is 96.7 Å². The van der Waals surface area contributed by atoms with Crippen LogP contribution < -0.4 is 11.1 Å². The summed E-state index contributed by atoms with van der Waals surface area (Å²) in [5, 5.41) is 231. The van der Waals surface area contributed by atoms with Crippen molar-refractivity contribution in [1.82, 2.24) is 20.3 Å². The fourth-order valence-corrected chi connectivity index (χ4v) is 12.8. The Morgan fingerprint density at radius 2 is 1.24 bits per heavy atom. The van der Waals surface area contributed by atoms with Crippen molar-refractivity contribution in [2.45, 2.75) is 185 Å². The van der Waals surface area contributed by atoms with E-state index in [4.69, 9.17) is 22.0 Å². The number of phenolic OH excluding ortho intramolecular Hbond substituents is 1. The van der Waals surface area contributed by atoms with Gasteiger partial charge in [0.2, 0.25) is 76.7 Å². The number of nitrogens with one attached hydrogen (secondary N) is 6. The highest BCUT2D eigenvalue weighted by Crippen LogP contribution is 2.28. The molecule has 2 aromatic heterocycles. The standard InChI is InChI=1S/C69H99N21O19S2/c1-8-33(4)55(80-36(7)92)68(109)88-50-30-111-110-29-49(66(107)90-56(35(6)91)57(71)98)87-60(101)43(14-11-21-75-69(72)73)81-63(104)47(24-39-27-74-31-78-39)83-58(99)34(5)79-52(95)28-77-59(100)46(23-38-26-76-42-13-10-9-12-41(38)42)84-64(105)48(25-53(96)97)85-61(102)44(19-20-51(70)94)82-62(103)45(22-37-15-17-40(93)18-16-37)86-67(108)54(32(2)3)89-65(50)106/h9-10,12-13,15-18,26-27,31-35,43-50,54-56,76,91,93H,8,11,14,19-25,28-30H2,1-7H3,(H2,70,94)(H2,71,98)(H,74,78)(H,77,100)(H,79,95)(H,80,92)(H,81,104)(H,82,103)(H,83,99)(H,84,105)(H,85,102)(H,86,108)(H,87,101)(H,88,109)(H,89,106)(H,90,107)(H,96,97)(H4,72,73,75). The first-order chi connectivity index (χ1) is 52.4. The molecule has 2 aromatic carbocycles. The third kappa shape index (κ3) is 29.7. The van der Waals surface area contributed by atoms with Gasteiger partial charge >= 0.3 is 5.97 Å². The Bertz CT molecular complexity index is 4190. The van der Waals surface area contributed by atoms with Crippen molar-refractivity contribution in [2.75, 3.05) is 24.6 Å². The molecule has 3 heterocycles. The number of phenols is 1. The molecule has 42 heteroatoms. The SMILES string of the molecule is CCC(C)C(N=C(C)O)C(O)=NC1CSSCC(C(O)=NC(C(=N)O)C(C)O)N=C(O)C(CCCNC(=N)N)N=C(O)C(Cc2cnc[nH]2)N=C(O)C(C)N=C(O)CN=C(O)C(Cc2c[nH]c3ccccc23)N=C(O)C(CC(=O)O)N=C(O)C(CCC(=N)O)N=C(O)C(Cc2ccc(O)cc2)N=C(O)C(C(C)C)N=C1O. The molecule has 1 aliphatic heterocycles. The molecular formula is C69H99N21O19S2. The Morgan fingerprint density at radius 1 is 0.658 bits per heavy atom. The third-order valence-electron chi connectivity index (χ3n) is 16.7. The number of guanidine groups is 1. The zero-order valence-corrected chi connectivity index (χ0v) is 63.4. The lowest BCUT2D eigenvalue weighted by atomic mass is 9.99. The van der Waals surface area contributed by atoms with E-state index >= 15 is 0 Å². The third-order valence-corrected chi connectivity index (χ3v) is 19.1. The van der Waals surface area contributed by atoms with Gasteiger partial charge in [0.15, 0.2) is 23.8 Å². The maximum atomic E-state index is 12.6. The van der Waals surface area contributed by atoms with Crippen molar-refractivity contribution in [3.8, 4) is 5.75 Å². The van der Waals surface area contributed by atoms with E-state index in [0.29, 0.717) is 34.1 Å². The van der Waals surface area contributed by atoms with E-state index in [1.807, 2.05) is 0 Å². The van der Waals surface area contributed by atoms with Gasteiger partial charge in [-0.3, -0.25) is 21.0 Å². The maximum absolute atomic E-state index is 12.6. The normalized spacial score (nSPS) is 23.5. The number of hydrogen-bond donors (Lipinski definition) is 25. The van der Waals surface area contributed by atoms with Crippen molar-refractivity contribution in [3.63, 3.8) is 0 Å². The number of carboxylic acids is 1. The van der Waals surface area contributed by atoms with Gasteiger partial charge in [-0.2, -0.15) is 0 Å². The number of rotatable bonds is 25. The number of aliphatic hydroxyl groups excluding tert-OH is 16. The number of benzene rings is 2. The lowest BCUT2D eigenvalue weighted by molar-refractivity contribution is -0.137. The number of aromatic nitrogens is 3. The highest BCUT2D eigenvalue weighted by Gasteiger charge is 2.33. The smallest absolute Gasteiger partial charge is 0.306 e. The van der Waals surface area contributed by atoms with Crippen LogP contribution in [0, 0.1) is 28.1 Å². The summed E-state index contributed by atoms with van der Waals surface area (Å²) in [4.78, 5) is 77.6. The predicted octanol–water partition coefficient (Wildman–Crippen LogP) is 7.59. The van der Waals surface area contributed by atoms with Gasteiger partial charge in [0, 0.05) is 79.6 Å². The van der Waals surface area contributed by atoms with Crippen LogP contribution in [0.25, 0.3) is 10.9 Å². The average molecular weight is 1590 g/mol. The number of aromatic hydroxyl groups is 1. The topological polar surface area (TPSA) is 696 Å². The molecule has 111 heavy (non-hydrogen) atoms. The van der Waals surface area contributed by atoms with E-state index in [1.54, 1.807) is 58.2 Å². The number of imidazole rings is 1. The van der Waals surface area contributed by atoms with Crippen molar-refractivity contribution in [3.05, 3.63) is 84.1 Å². The summed E-state index contributed by atoms with van der Waals surface area (Å²) in [6, 6.07) is -7.47. The van der Waals surface area contributed by atoms with Crippen molar-refractivity contribution >= 4 is 133 Å². The molecule has 4 aromatic rings. The zero-order valence-electron chi connectivity index (χ0n) is 61.8. The van der Waals surface area contributed by atoms with E-state index < -0.39 is 222 Å². The van der Waals surface area contributed by atoms with E-state index in [2.05, 4.69) is 85.2 Å². The molecule has 0 bridgehead atoms. The number of aromatic amines is 2. The van der Waals surface area contributed by atoms with Crippen LogP contribution in [0.5, 0.6) is 5.75 Å². The summed E-state index contributed by atoms with van der Waals surface area (Å²) in [5.41, 5.74) is 7.28. The number of nitrogens with zero attached hydrogens (tertiary/aromatic N) is 14. The number of nitrogens with two attached hydrogens (primary N) is 1. The van der Waals surface area contributed by atoms with E-state index in [-0.39, 0.29) is 50.2 Å². The van der Waals surface area contributed by atoms with Gasteiger partial charge in [-0.05, 0) is 74.3 Å². The number of fused-ring (bicyclic) bond motifs is 1. The summed E-state index contributed by atoms with van der Waals surface area (Å²) < 4.78 is 0. The minimum atomic E-state index is -2.05. The zero-order chi connectivity index (χ0) is 82.3. The van der Waals surface area contributed by atoms with Crippen molar-refractivity contribution in [2.24, 2.45) is 82.5 Å². The Balaban J connectivity index is 1.87. The molecule has 0 aliphatic carbocycles. The monoisotopic (exact) mass is 1590 g/mol. The van der Waals surface area contributed by atoms with Crippen LogP contribution >= 0.6 is 21.6 Å². The van der Waals surface area contributed by atoms with Crippen LogP contribution in [0.2, 0.25) is 0 Å². The maximum Gasteiger partial charge on any atom is 0.306 e. The number of aliphatic carboxylic acids is 1. The molecule has 0 fully saturated rings. The van der Waals surface area contributed by atoms with Gasteiger partial charge in [0.25, 0.3) is 0 Å². The lowest BCUT2D eigenvalue weighted by Crippen LogP contribution is -2.35. The molecule has 0 spiro atoms. The quantitative estimate of drug-likeness (QED) is 0.0131. The highest BCUT2D eigenvalue weighted by molar-refractivity contribution is 8.76. The van der Waals surface area contributed by atoms with Crippen LogP contribution in [0.4, 0.5) is 0 Å². The van der Waals surface area contributed by atoms with Gasteiger partial charge in [0.1, 0.15) is 78.8 Å². The summed E-state index contributed by atoms with van der Waals surface area (Å²) >= 11 is 0. The van der Waals surface area contributed by atoms with E-state index in [0.717, 1.165) is 28.5 Å². The minimum absolute atomic E-state index is 0.0108. The summed E-state index contributed by atoms with van der Waals surface area (Å²) in [6.07, 6.45) is -0.431. The predicted molar refractivity (Wildman–Crippen MR) is 431 cm³/mol. The Labute approximate surface area is 645 Å². The molecule has 26 N–H and O–H groups in total. The molecule has 1 aliphatic rings. The molecule has 0 saturated carbocycles. The number of para-hydroxylation sites is 1. The van der Waals surface area contributed by atoms with Crippen LogP contribution in [-0.4, -0.2) is 310 Å². The summed E-state index contributed by atoms with van der Waals surface area (Å²) in [5.74, 6) is -18.1. The van der Waals surface area contributed by atoms with Crippen LogP contribution in [0.15, 0.2) is 132 Å². The Kier molecular flexibility index (Phi) is 35.8. The number of aliphatic imine (C=N–C) groups is 13. The second-order valence-corrected chi connectivity index (χ2v) is 28.6. The second-order valence-electron chi connectivity index (χ2n) is 26.0. The average Bonchev–Trinajstić information content (AvgIpc) is 1.75. The Morgan fingerprint density at radius 3 is 1.85 bits per heavy atom. The number of aliphatic hydroxyl groups is 16. The first-order valence-corrected chi connectivity index (χ1v) is 37.4. The first kappa shape index (κ1) is 90.1.